The molecule has 0 aliphatic carbocycles. The van der Waals surface area contributed by atoms with Crippen molar-refractivity contribution in [2.75, 3.05) is 0 Å². The molecule has 3 nitrogen and oxygen atoms in total. The molecule has 0 N–H and O–H groups in total. The van der Waals surface area contributed by atoms with Crippen LogP contribution in [0.1, 0.15) is 5.56 Å². The van der Waals surface area contributed by atoms with Crippen molar-refractivity contribution in [3.8, 4) is 10.6 Å². The molecule has 2 rings (SSSR count). The Morgan fingerprint density at radius 3 is 2.77 bits per heavy atom. The topological polar surface area (TPSA) is 38.7 Å². The van der Waals surface area contributed by atoms with E-state index in [1.54, 1.807) is 11.3 Å². The molecule has 0 fully saturated rings. The summed E-state index contributed by atoms with van der Waals surface area (Å²) in [6.07, 6.45) is 3.64. The Balaban J connectivity index is 2.46. The Labute approximate surface area is 93.4 Å². The summed E-state index contributed by atoms with van der Waals surface area (Å²) in [5.41, 5.74) is 2.18. The summed E-state index contributed by atoms with van der Waals surface area (Å²) in [5, 5.41) is 8.93. The van der Waals surface area contributed by atoms with E-state index in [0.717, 1.165) is 19.1 Å². The van der Waals surface area contributed by atoms with Crippen LogP contribution in [0.3, 0.4) is 0 Å². The highest BCUT2D eigenvalue weighted by Gasteiger charge is 2.04. The van der Waals surface area contributed by atoms with Crippen molar-refractivity contribution in [3.05, 3.63) is 27.0 Å². The molecule has 0 radical (unpaired) electrons. The number of nitrogens with zero attached hydrogens (tertiary/aromatic N) is 3. The summed E-state index contributed by atoms with van der Waals surface area (Å²) in [7, 11) is 0. The number of halogens is 1. The van der Waals surface area contributed by atoms with Gasteiger partial charge in [0.25, 0.3) is 0 Å². The molecule has 0 aliphatic rings. The van der Waals surface area contributed by atoms with Crippen LogP contribution in [0.5, 0.6) is 0 Å². The molecule has 0 bridgehead atoms. The molecule has 0 atom stereocenters. The summed E-state index contributed by atoms with van der Waals surface area (Å²) in [6, 6.07) is 2.06. The first-order valence-corrected chi connectivity index (χ1v) is 5.56. The molecule has 13 heavy (non-hydrogen) atoms. The maximum atomic E-state index is 4.11. The fourth-order valence-corrected chi connectivity index (χ4v) is 2.28. The molecule has 0 amide bonds. The van der Waals surface area contributed by atoms with Gasteiger partial charge >= 0.3 is 0 Å². The Kier molecular flexibility index (Phi) is 2.54. The zero-order chi connectivity index (χ0) is 9.26. The van der Waals surface area contributed by atoms with Gasteiger partial charge in [-0.1, -0.05) is 11.3 Å². The van der Waals surface area contributed by atoms with Gasteiger partial charge in [0.2, 0.25) is 0 Å². The summed E-state index contributed by atoms with van der Waals surface area (Å²) >= 11 is 3.73. The lowest BCUT2D eigenvalue weighted by molar-refractivity contribution is 1.07. The standard InChI is InChI=1S/C8H6IN3S/c1-5-2-6(4-10-3-5)7-11-12-8(9)13-7/h2-4H,1H3. The van der Waals surface area contributed by atoms with Crippen LogP contribution in [0, 0.1) is 9.94 Å². The smallest absolute Gasteiger partial charge is 0.178 e. The summed E-state index contributed by atoms with van der Waals surface area (Å²) < 4.78 is 0.953. The predicted octanol–water partition coefficient (Wildman–Crippen LogP) is 2.51. The molecule has 0 unspecified atom stereocenters. The van der Waals surface area contributed by atoms with E-state index in [9.17, 15) is 0 Å². The van der Waals surface area contributed by atoms with Crippen molar-refractivity contribution in [1.82, 2.24) is 15.2 Å². The Hall–Kier alpha value is -0.560. The minimum Gasteiger partial charge on any atom is -0.264 e. The van der Waals surface area contributed by atoms with Crippen LogP contribution in [0.25, 0.3) is 10.6 Å². The van der Waals surface area contributed by atoms with Crippen LogP contribution in [-0.2, 0) is 0 Å². The van der Waals surface area contributed by atoms with E-state index in [4.69, 9.17) is 0 Å². The van der Waals surface area contributed by atoms with Crippen molar-refractivity contribution in [2.45, 2.75) is 6.92 Å². The van der Waals surface area contributed by atoms with Crippen LogP contribution in [0.2, 0.25) is 0 Å². The van der Waals surface area contributed by atoms with Gasteiger partial charge in [-0.2, -0.15) is 0 Å². The summed E-state index contributed by atoms with van der Waals surface area (Å²) in [5.74, 6) is 0. The molecule has 0 aromatic carbocycles. The van der Waals surface area contributed by atoms with Gasteiger partial charge < -0.3 is 0 Å². The van der Waals surface area contributed by atoms with E-state index < -0.39 is 0 Å². The lowest BCUT2D eigenvalue weighted by Gasteiger charge is -1.94. The molecule has 2 aromatic heterocycles. The van der Waals surface area contributed by atoms with Gasteiger partial charge in [-0.05, 0) is 41.1 Å². The van der Waals surface area contributed by atoms with Crippen LogP contribution in [0.15, 0.2) is 18.5 Å². The van der Waals surface area contributed by atoms with Crippen LogP contribution < -0.4 is 0 Å². The number of aromatic nitrogens is 3. The second-order valence-electron chi connectivity index (χ2n) is 2.61. The molecule has 5 heteroatoms. The maximum absolute atomic E-state index is 4.11. The lowest BCUT2D eigenvalue weighted by Crippen LogP contribution is -1.81. The van der Waals surface area contributed by atoms with Crippen molar-refractivity contribution < 1.29 is 0 Å². The van der Waals surface area contributed by atoms with Gasteiger partial charge in [0.1, 0.15) is 5.01 Å². The van der Waals surface area contributed by atoms with E-state index in [1.807, 2.05) is 19.3 Å². The van der Waals surface area contributed by atoms with E-state index >= 15 is 0 Å². The van der Waals surface area contributed by atoms with Gasteiger partial charge in [0.15, 0.2) is 3.01 Å². The van der Waals surface area contributed by atoms with Gasteiger partial charge in [0, 0.05) is 18.0 Å². The molecule has 0 aliphatic heterocycles. The number of hydrogen-bond acceptors (Lipinski definition) is 4. The average Bonchev–Trinajstić information content (AvgIpc) is 2.52. The maximum Gasteiger partial charge on any atom is 0.178 e. The normalized spacial score (nSPS) is 10.3. The highest BCUT2D eigenvalue weighted by molar-refractivity contribution is 14.1. The number of hydrogen-bond donors (Lipinski definition) is 0. The quantitative estimate of drug-likeness (QED) is 0.760. The number of pyridine rings is 1. The van der Waals surface area contributed by atoms with E-state index in [2.05, 4.69) is 43.8 Å². The molecular weight excluding hydrogens is 297 g/mol. The number of rotatable bonds is 1. The number of aryl methyl sites for hydroxylation is 1. The third kappa shape index (κ3) is 2.02. The molecule has 66 valence electrons. The minimum atomic E-state index is 0.931. The second kappa shape index (κ2) is 3.67. The Morgan fingerprint density at radius 1 is 1.31 bits per heavy atom. The monoisotopic (exact) mass is 303 g/mol. The third-order valence-electron chi connectivity index (χ3n) is 1.52. The molecule has 2 heterocycles. The zero-order valence-electron chi connectivity index (χ0n) is 6.86. The van der Waals surface area contributed by atoms with Crippen molar-refractivity contribution in [3.63, 3.8) is 0 Å². The van der Waals surface area contributed by atoms with E-state index in [-0.39, 0.29) is 0 Å². The SMILES string of the molecule is Cc1cncc(-c2nnc(I)s2)c1. The molecule has 2 aromatic rings. The molecule has 0 saturated heterocycles. The molecular formula is C8H6IN3S. The van der Waals surface area contributed by atoms with Gasteiger partial charge in [-0.3, -0.25) is 4.98 Å². The van der Waals surface area contributed by atoms with E-state index in [1.165, 1.54) is 0 Å². The first-order valence-electron chi connectivity index (χ1n) is 3.67. The highest BCUT2D eigenvalue weighted by Crippen LogP contribution is 2.23. The zero-order valence-corrected chi connectivity index (χ0v) is 9.83. The summed E-state index contributed by atoms with van der Waals surface area (Å²) in [6.45, 7) is 2.02. The van der Waals surface area contributed by atoms with Crippen molar-refractivity contribution in [1.29, 1.82) is 0 Å². The van der Waals surface area contributed by atoms with Crippen molar-refractivity contribution in [2.24, 2.45) is 0 Å². The van der Waals surface area contributed by atoms with E-state index in [0.29, 0.717) is 0 Å². The fraction of sp³-hybridized carbons (Fsp3) is 0.125. The first-order chi connectivity index (χ1) is 6.25. The third-order valence-corrected chi connectivity index (χ3v) is 3.16. The van der Waals surface area contributed by atoms with Crippen molar-refractivity contribution >= 4 is 33.9 Å². The first kappa shape index (κ1) is 9.01. The Bertz CT molecular complexity index is 427. The highest BCUT2D eigenvalue weighted by atomic mass is 127. The Morgan fingerprint density at radius 2 is 2.15 bits per heavy atom. The lowest BCUT2D eigenvalue weighted by atomic mass is 10.2. The van der Waals surface area contributed by atoms with Crippen LogP contribution in [0.4, 0.5) is 0 Å². The average molecular weight is 303 g/mol. The second-order valence-corrected chi connectivity index (χ2v) is 5.34. The van der Waals surface area contributed by atoms with Crippen LogP contribution >= 0.6 is 33.9 Å². The predicted molar refractivity (Wildman–Crippen MR) is 60.6 cm³/mol. The van der Waals surface area contributed by atoms with Crippen LogP contribution in [-0.4, -0.2) is 15.2 Å². The molecule has 0 spiro atoms. The largest absolute Gasteiger partial charge is 0.264 e. The summed E-state index contributed by atoms with van der Waals surface area (Å²) in [4.78, 5) is 4.11. The van der Waals surface area contributed by atoms with Gasteiger partial charge in [-0.15, -0.1) is 10.2 Å². The fourth-order valence-electron chi connectivity index (χ4n) is 0.994. The van der Waals surface area contributed by atoms with Gasteiger partial charge in [-0.25, -0.2) is 0 Å². The minimum absolute atomic E-state index is 0.931. The van der Waals surface area contributed by atoms with Gasteiger partial charge in [0.05, 0.1) is 0 Å². The molecule has 0 saturated carbocycles.